The second-order valence-corrected chi connectivity index (χ2v) is 5.69. The first kappa shape index (κ1) is 17.2. The Balaban J connectivity index is 2.33. The first-order chi connectivity index (χ1) is 11.9. The van der Waals surface area contributed by atoms with Crippen LogP contribution in [0.2, 0.25) is 5.02 Å². The number of nitrogen functional groups attached to an aromatic ring is 1. The summed E-state index contributed by atoms with van der Waals surface area (Å²) in [4.78, 5) is 15.7. The highest BCUT2D eigenvalue weighted by atomic mass is 35.5. The highest BCUT2D eigenvalue weighted by molar-refractivity contribution is 6.35. The summed E-state index contributed by atoms with van der Waals surface area (Å²) < 4.78 is 35.9. The van der Waals surface area contributed by atoms with E-state index in [1.807, 2.05) is 6.92 Å². The standard InChI is InChI=1S/C17H14ClF2N3O2/c1-3-23-7-6-8-4-5-9(11(19)16(8)23)14-12(20)13(21)10(18)15(22-14)17(24)25-2/h4-7H,3H2,1-2H3,(H2,21,22). The molecule has 2 aromatic heterocycles. The molecule has 8 heteroatoms. The average molecular weight is 366 g/mol. The molecule has 0 amide bonds. The quantitative estimate of drug-likeness (QED) is 0.711. The summed E-state index contributed by atoms with van der Waals surface area (Å²) in [5, 5.41) is 0.296. The Morgan fingerprint density at radius 1 is 1.32 bits per heavy atom. The molecule has 0 fully saturated rings. The molecule has 0 saturated carbocycles. The summed E-state index contributed by atoms with van der Waals surface area (Å²) in [6.45, 7) is 2.40. The highest BCUT2D eigenvalue weighted by Gasteiger charge is 2.25. The predicted molar refractivity (Wildman–Crippen MR) is 91.5 cm³/mol. The maximum absolute atomic E-state index is 15.0. The molecule has 0 aliphatic rings. The van der Waals surface area contributed by atoms with Gasteiger partial charge in [-0.3, -0.25) is 0 Å². The van der Waals surface area contributed by atoms with Crippen molar-refractivity contribution in [2.45, 2.75) is 13.5 Å². The Morgan fingerprint density at radius 3 is 2.68 bits per heavy atom. The van der Waals surface area contributed by atoms with Gasteiger partial charge in [-0.15, -0.1) is 0 Å². The Morgan fingerprint density at radius 2 is 2.04 bits per heavy atom. The molecule has 25 heavy (non-hydrogen) atoms. The van der Waals surface area contributed by atoms with Crippen molar-refractivity contribution >= 4 is 34.2 Å². The lowest BCUT2D eigenvalue weighted by Gasteiger charge is -2.12. The van der Waals surface area contributed by atoms with Crippen LogP contribution in [0.3, 0.4) is 0 Å². The number of rotatable bonds is 3. The molecule has 0 saturated heterocycles. The lowest BCUT2D eigenvalue weighted by Crippen LogP contribution is -2.11. The fourth-order valence-electron chi connectivity index (χ4n) is 2.67. The molecule has 0 spiro atoms. The van der Waals surface area contributed by atoms with Crippen LogP contribution in [-0.2, 0) is 11.3 Å². The van der Waals surface area contributed by atoms with Crippen molar-refractivity contribution in [1.29, 1.82) is 0 Å². The number of esters is 1. The molecule has 130 valence electrons. The number of halogens is 3. The van der Waals surface area contributed by atoms with Gasteiger partial charge in [-0.1, -0.05) is 17.7 Å². The summed E-state index contributed by atoms with van der Waals surface area (Å²) >= 11 is 5.87. The predicted octanol–water partition coefficient (Wildman–Crippen LogP) is 4.02. The van der Waals surface area contributed by atoms with E-state index in [1.54, 1.807) is 22.9 Å². The molecule has 2 N–H and O–H groups in total. The molecule has 0 atom stereocenters. The number of carbonyl (C=O) groups is 1. The smallest absolute Gasteiger partial charge is 0.358 e. The zero-order chi connectivity index (χ0) is 18.3. The largest absolute Gasteiger partial charge is 0.464 e. The van der Waals surface area contributed by atoms with E-state index in [0.29, 0.717) is 17.4 Å². The molecule has 5 nitrogen and oxygen atoms in total. The summed E-state index contributed by atoms with van der Waals surface area (Å²) in [5.41, 5.74) is 4.57. The minimum Gasteiger partial charge on any atom is -0.464 e. The molecule has 3 aromatic rings. The van der Waals surface area contributed by atoms with E-state index in [9.17, 15) is 9.18 Å². The molecule has 2 heterocycles. The van der Waals surface area contributed by atoms with Crippen molar-refractivity contribution in [2.24, 2.45) is 0 Å². The lowest BCUT2D eigenvalue weighted by molar-refractivity contribution is 0.0594. The number of hydrogen-bond donors (Lipinski definition) is 1. The van der Waals surface area contributed by atoms with E-state index in [4.69, 9.17) is 17.3 Å². The normalized spacial score (nSPS) is 11.1. The number of methoxy groups -OCH3 is 1. The second-order valence-electron chi connectivity index (χ2n) is 5.31. The van der Waals surface area contributed by atoms with E-state index >= 15 is 4.39 Å². The molecule has 1 aromatic carbocycles. The minimum absolute atomic E-state index is 0.119. The fraction of sp³-hybridized carbons (Fsp3) is 0.176. The summed E-state index contributed by atoms with van der Waals surface area (Å²) in [7, 11) is 1.13. The summed E-state index contributed by atoms with van der Waals surface area (Å²) in [5.74, 6) is -2.55. The van der Waals surface area contributed by atoms with E-state index in [-0.39, 0.29) is 16.3 Å². The number of benzene rings is 1. The maximum atomic E-state index is 15.0. The van der Waals surface area contributed by atoms with Crippen LogP contribution in [0.1, 0.15) is 17.4 Å². The number of ether oxygens (including phenoxy) is 1. The SMILES string of the molecule is CCn1ccc2ccc(-c3nc(C(=O)OC)c(Cl)c(N)c3F)c(F)c21. The number of fused-ring (bicyclic) bond motifs is 1. The number of hydrogen-bond acceptors (Lipinski definition) is 4. The van der Waals surface area contributed by atoms with E-state index in [1.165, 1.54) is 6.07 Å². The van der Waals surface area contributed by atoms with Gasteiger partial charge < -0.3 is 15.0 Å². The molecule has 0 aliphatic heterocycles. The number of carbonyl (C=O) groups excluding carboxylic acids is 1. The lowest BCUT2D eigenvalue weighted by atomic mass is 10.1. The summed E-state index contributed by atoms with van der Waals surface area (Å²) in [6, 6.07) is 4.78. The highest BCUT2D eigenvalue weighted by Crippen LogP contribution is 2.35. The number of anilines is 1. The van der Waals surface area contributed by atoms with Crippen LogP contribution in [0.5, 0.6) is 0 Å². The molecule has 0 unspecified atom stereocenters. The van der Waals surface area contributed by atoms with Gasteiger partial charge in [0.25, 0.3) is 0 Å². The molecule has 3 rings (SSSR count). The summed E-state index contributed by atoms with van der Waals surface area (Å²) in [6.07, 6.45) is 1.73. The zero-order valence-corrected chi connectivity index (χ0v) is 14.2. The number of aryl methyl sites for hydroxylation is 1. The second kappa shape index (κ2) is 6.33. The monoisotopic (exact) mass is 365 g/mol. The Bertz CT molecular complexity index is 1000. The molecule has 0 aliphatic carbocycles. The number of aromatic nitrogens is 2. The first-order valence-electron chi connectivity index (χ1n) is 7.41. The van der Waals surface area contributed by atoms with Gasteiger partial charge in [0.2, 0.25) is 0 Å². The zero-order valence-electron chi connectivity index (χ0n) is 13.4. The number of pyridine rings is 1. The van der Waals surface area contributed by atoms with Crippen LogP contribution < -0.4 is 5.73 Å². The minimum atomic E-state index is -0.995. The maximum Gasteiger partial charge on any atom is 0.358 e. The Labute approximate surface area is 147 Å². The van der Waals surface area contributed by atoms with Crippen LogP contribution in [0, 0.1) is 11.6 Å². The number of nitrogens with zero attached hydrogens (tertiary/aromatic N) is 2. The van der Waals surface area contributed by atoms with Crippen LogP contribution >= 0.6 is 11.6 Å². The van der Waals surface area contributed by atoms with Crippen LogP contribution in [0.4, 0.5) is 14.5 Å². The molecule has 0 radical (unpaired) electrons. The Kier molecular flexibility index (Phi) is 4.34. The third kappa shape index (κ3) is 2.60. The van der Waals surface area contributed by atoms with E-state index in [0.717, 1.165) is 7.11 Å². The van der Waals surface area contributed by atoms with Gasteiger partial charge in [0.1, 0.15) is 5.69 Å². The first-order valence-corrected chi connectivity index (χ1v) is 7.79. The van der Waals surface area contributed by atoms with Gasteiger partial charge in [-0.05, 0) is 19.1 Å². The van der Waals surface area contributed by atoms with Crippen LogP contribution in [0.25, 0.3) is 22.2 Å². The fourth-order valence-corrected chi connectivity index (χ4v) is 2.87. The average Bonchev–Trinajstić information content (AvgIpc) is 3.04. The van der Waals surface area contributed by atoms with Crippen molar-refractivity contribution in [1.82, 2.24) is 9.55 Å². The van der Waals surface area contributed by atoms with E-state index in [2.05, 4.69) is 9.72 Å². The Hall–Kier alpha value is -2.67. The third-order valence-electron chi connectivity index (χ3n) is 3.96. The van der Waals surface area contributed by atoms with Crippen molar-refractivity contribution in [3.63, 3.8) is 0 Å². The van der Waals surface area contributed by atoms with Gasteiger partial charge in [0, 0.05) is 23.7 Å². The number of nitrogens with two attached hydrogens (primary N) is 1. The van der Waals surface area contributed by atoms with Gasteiger partial charge in [0.15, 0.2) is 17.3 Å². The van der Waals surface area contributed by atoms with E-state index < -0.39 is 29.0 Å². The van der Waals surface area contributed by atoms with Gasteiger partial charge >= 0.3 is 5.97 Å². The third-order valence-corrected chi connectivity index (χ3v) is 4.34. The molecular formula is C17H14ClF2N3O2. The van der Waals surface area contributed by atoms with Crippen LogP contribution in [0.15, 0.2) is 24.4 Å². The van der Waals surface area contributed by atoms with Crippen molar-refractivity contribution in [2.75, 3.05) is 12.8 Å². The molecule has 0 bridgehead atoms. The van der Waals surface area contributed by atoms with Crippen molar-refractivity contribution in [3.05, 3.63) is 46.7 Å². The molecular weight excluding hydrogens is 352 g/mol. The van der Waals surface area contributed by atoms with Gasteiger partial charge in [-0.2, -0.15) is 0 Å². The van der Waals surface area contributed by atoms with Gasteiger partial charge in [-0.25, -0.2) is 18.6 Å². The van der Waals surface area contributed by atoms with Gasteiger partial charge in [0.05, 0.1) is 23.3 Å². The topological polar surface area (TPSA) is 70.1 Å². The van der Waals surface area contributed by atoms with Crippen molar-refractivity contribution in [3.8, 4) is 11.3 Å². The van der Waals surface area contributed by atoms with Crippen molar-refractivity contribution < 1.29 is 18.3 Å². The van der Waals surface area contributed by atoms with Crippen LogP contribution in [-0.4, -0.2) is 22.6 Å².